The van der Waals surface area contributed by atoms with Crippen molar-refractivity contribution in [3.05, 3.63) is 53.5 Å². The summed E-state index contributed by atoms with van der Waals surface area (Å²) < 4.78 is 7.14. The lowest BCUT2D eigenvalue weighted by atomic mass is 9.97. The lowest BCUT2D eigenvalue weighted by Gasteiger charge is -2.23. The van der Waals surface area contributed by atoms with Gasteiger partial charge in [0, 0.05) is 50.3 Å². The quantitative estimate of drug-likeness (QED) is 0.520. The molecule has 9 nitrogen and oxygen atoms in total. The van der Waals surface area contributed by atoms with E-state index in [1.807, 2.05) is 24.5 Å². The number of anilines is 2. The number of nitrogens with zero attached hydrogens (tertiary/aromatic N) is 4. The van der Waals surface area contributed by atoms with E-state index in [-0.39, 0.29) is 11.9 Å². The van der Waals surface area contributed by atoms with Crippen molar-refractivity contribution in [2.75, 3.05) is 36.9 Å². The standard InChI is InChI=1S/C25H29N7O2/c1-25(6-7-25)15-28-24-27-13-19-18(2-8-26-22(19)31-24)16-3-9-32-21(12-16)20(14-29-32)23(33)30-17-4-10-34-11-5-17/h2-3,9,12-14,17H,4-8,10-11,15H2,1H3,(H,30,33)(H2,26,27,28,31). The number of pyridine rings is 1. The highest BCUT2D eigenvalue weighted by Gasteiger charge is 2.37. The molecule has 3 aliphatic rings. The van der Waals surface area contributed by atoms with Crippen molar-refractivity contribution in [3.8, 4) is 0 Å². The second-order valence-electron chi connectivity index (χ2n) is 9.78. The third-order valence-electron chi connectivity index (χ3n) is 7.07. The maximum atomic E-state index is 13.0. The van der Waals surface area contributed by atoms with Crippen LogP contribution in [0.1, 0.15) is 54.1 Å². The molecule has 5 heterocycles. The predicted octanol–water partition coefficient (Wildman–Crippen LogP) is 3.10. The lowest BCUT2D eigenvalue weighted by molar-refractivity contribution is 0.0697. The van der Waals surface area contributed by atoms with E-state index in [4.69, 9.17) is 9.72 Å². The molecule has 0 spiro atoms. The first-order chi connectivity index (χ1) is 16.6. The molecule has 176 valence electrons. The Bertz CT molecular complexity index is 1270. The van der Waals surface area contributed by atoms with Crippen molar-refractivity contribution in [1.82, 2.24) is 24.9 Å². The number of ether oxygens (including phenoxy) is 1. The molecule has 2 fully saturated rings. The smallest absolute Gasteiger partial charge is 0.255 e. The molecule has 0 unspecified atom stereocenters. The molecule has 3 aromatic heterocycles. The van der Waals surface area contributed by atoms with E-state index in [1.165, 1.54) is 12.8 Å². The third kappa shape index (κ3) is 4.11. The number of aromatic nitrogens is 4. The van der Waals surface area contributed by atoms with Crippen molar-refractivity contribution >= 4 is 28.8 Å². The van der Waals surface area contributed by atoms with Gasteiger partial charge in [-0.25, -0.2) is 9.50 Å². The highest BCUT2D eigenvalue weighted by molar-refractivity contribution is 6.01. The van der Waals surface area contributed by atoms with Gasteiger partial charge in [0.1, 0.15) is 5.82 Å². The Hall–Kier alpha value is -3.46. The van der Waals surface area contributed by atoms with E-state index < -0.39 is 0 Å². The summed E-state index contributed by atoms with van der Waals surface area (Å²) in [6.45, 7) is 5.22. The largest absolute Gasteiger partial charge is 0.381 e. The zero-order valence-corrected chi connectivity index (χ0v) is 19.3. The average molecular weight is 460 g/mol. The summed E-state index contributed by atoms with van der Waals surface area (Å²) >= 11 is 0. The van der Waals surface area contributed by atoms with Crippen LogP contribution in [0, 0.1) is 5.41 Å². The van der Waals surface area contributed by atoms with Crippen LogP contribution in [-0.2, 0) is 4.74 Å². The van der Waals surface area contributed by atoms with E-state index >= 15 is 0 Å². The number of nitrogens with one attached hydrogen (secondary N) is 3. The number of carbonyl (C=O) groups is 1. The van der Waals surface area contributed by atoms with Gasteiger partial charge in [-0.1, -0.05) is 13.0 Å². The van der Waals surface area contributed by atoms with Crippen molar-refractivity contribution in [2.24, 2.45) is 5.41 Å². The molecular formula is C25H29N7O2. The van der Waals surface area contributed by atoms with Gasteiger partial charge in [-0.3, -0.25) is 4.79 Å². The number of carbonyl (C=O) groups excluding carboxylic acids is 1. The summed E-state index contributed by atoms with van der Waals surface area (Å²) in [6, 6.07) is 4.18. The molecule has 0 atom stereocenters. The molecule has 0 radical (unpaired) electrons. The number of hydrogen-bond donors (Lipinski definition) is 3. The van der Waals surface area contributed by atoms with E-state index in [9.17, 15) is 4.79 Å². The van der Waals surface area contributed by atoms with E-state index in [0.29, 0.717) is 36.7 Å². The number of hydrogen-bond acceptors (Lipinski definition) is 7. The first kappa shape index (κ1) is 21.1. The Kier molecular flexibility index (Phi) is 5.21. The minimum absolute atomic E-state index is 0.0952. The fraction of sp³-hybridized carbons (Fsp3) is 0.440. The van der Waals surface area contributed by atoms with Crippen LogP contribution >= 0.6 is 0 Å². The maximum absolute atomic E-state index is 13.0. The fourth-order valence-corrected chi connectivity index (χ4v) is 4.54. The van der Waals surface area contributed by atoms with Crippen molar-refractivity contribution in [1.29, 1.82) is 0 Å². The zero-order chi connectivity index (χ0) is 23.1. The summed E-state index contributed by atoms with van der Waals surface area (Å²) in [5, 5.41) is 14.3. The molecule has 6 rings (SSSR count). The summed E-state index contributed by atoms with van der Waals surface area (Å²) in [5.41, 5.74) is 4.74. The second-order valence-corrected chi connectivity index (χ2v) is 9.78. The molecule has 3 aromatic rings. The number of fused-ring (bicyclic) bond motifs is 2. The van der Waals surface area contributed by atoms with Crippen LogP contribution in [0.3, 0.4) is 0 Å². The molecule has 2 aliphatic heterocycles. The van der Waals surface area contributed by atoms with Gasteiger partial charge in [0.15, 0.2) is 0 Å². The van der Waals surface area contributed by atoms with Crippen LogP contribution in [0.25, 0.3) is 11.1 Å². The SMILES string of the molecule is CC1(CNc2ncc3c(n2)NCC=C3c2ccn3ncc(C(=O)NC4CCOCC4)c3c2)CC1. The van der Waals surface area contributed by atoms with Crippen LogP contribution in [0.4, 0.5) is 11.8 Å². The Morgan fingerprint density at radius 1 is 1.29 bits per heavy atom. The van der Waals surface area contributed by atoms with Crippen LogP contribution in [0.5, 0.6) is 0 Å². The molecule has 34 heavy (non-hydrogen) atoms. The highest BCUT2D eigenvalue weighted by atomic mass is 16.5. The van der Waals surface area contributed by atoms with Crippen molar-refractivity contribution < 1.29 is 9.53 Å². The van der Waals surface area contributed by atoms with Crippen LogP contribution in [-0.4, -0.2) is 57.8 Å². The normalized spacial score (nSPS) is 19.1. The van der Waals surface area contributed by atoms with Gasteiger partial charge in [-0.15, -0.1) is 0 Å². The molecule has 0 aromatic carbocycles. The first-order valence-electron chi connectivity index (χ1n) is 12.0. The van der Waals surface area contributed by atoms with Crippen LogP contribution < -0.4 is 16.0 Å². The zero-order valence-electron chi connectivity index (χ0n) is 19.3. The number of rotatable bonds is 6. The average Bonchev–Trinajstić information content (AvgIpc) is 3.45. The van der Waals surface area contributed by atoms with E-state index in [2.05, 4.69) is 39.0 Å². The van der Waals surface area contributed by atoms with Crippen molar-refractivity contribution in [2.45, 2.75) is 38.6 Å². The molecule has 9 heteroatoms. The van der Waals surface area contributed by atoms with E-state index in [1.54, 1.807) is 10.7 Å². The molecular weight excluding hydrogens is 430 g/mol. The monoisotopic (exact) mass is 459 g/mol. The number of amides is 1. The molecule has 1 saturated carbocycles. The summed E-state index contributed by atoms with van der Waals surface area (Å²) in [6.07, 6.45) is 11.7. The van der Waals surface area contributed by atoms with Gasteiger partial charge < -0.3 is 20.7 Å². The van der Waals surface area contributed by atoms with Crippen LogP contribution in [0.15, 0.2) is 36.8 Å². The topological polar surface area (TPSA) is 105 Å². The molecule has 0 bridgehead atoms. The van der Waals surface area contributed by atoms with Gasteiger partial charge >= 0.3 is 0 Å². The summed E-state index contributed by atoms with van der Waals surface area (Å²) in [7, 11) is 0. The Labute approximate surface area is 198 Å². The van der Waals surface area contributed by atoms with Gasteiger partial charge in [0.05, 0.1) is 17.3 Å². The van der Waals surface area contributed by atoms with Gasteiger partial charge in [0.2, 0.25) is 5.95 Å². The molecule has 1 saturated heterocycles. The highest BCUT2D eigenvalue weighted by Crippen LogP contribution is 2.44. The van der Waals surface area contributed by atoms with Gasteiger partial charge in [-0.05, 0) is 54.4 Å². The van der Waals surface area contributed by atoms with E-state index in [0.717, 1.165) is 47.4 Å². The summed E-state index contributed by atoms with van der Waals surface area (Å²) in [4.78, 5) is 22.3. The Morgan fingerprint density at radius 2 is 2.15 bits per heavy atom. The van der Waals surface area contributed by atoms with Gasteiger partial charge in [-0.2, -0.15) is 10.1 Å². The van der Waals surface area contributed by atoms with Crippen LogP contribution in [0.2, 0.25) is 0 Å². The summed E-state index contributed by atoms with van der Waals surface area (Å²) in [5.74, 6) is 1.38. The van der Waals surface area contributed by atoms with Crippen molar-refractivity contribution in [3.63, 3.8) is 0 Å². The third-order valence-corrected chi connectivity index (χ3v) is 7.07. The lowest BCUT2D eigenvalue weighted by Crippen LogP contribution is -2.38. The molecule has 1 aliphatic carbocycles. The Balaban J connectivity index is 1.26. The minimum Gasteiger partial charge on any atom is -0.381 e. The Morgan fingerprint density at radius 3 is 2.97 bits per heavy atom. The fourth-order valence-electron chi connectivity index (χ4n) is 4.54. The minimum atomic E-state index is -0.0952. The first-order valence-corrected chi connectivity index (χ1v) is 12.0. The van der Waals surface area contributed by atoms with Gasteiger partial charge in [0.25, 0.3) is 5.91 Å². The second kappa shape index (κ2) is 8.39. The maximum Gasteiger partial charge on any atom is 0.255 e. The molecule has 3 N–H and O–H groups in total. The molecule has 1 amide bonds. The predicted molar refractivity (Wildman–Crippen MR) is 130 cm³/mol.